The number of para-hydroxylation sites is 1. The van der Waals surface area contributed by atoms with Crippen LogP contribution in [-0.2, 0) is 32.7 Å². The molecule has 0 saturated carbocycles. The van der Waals surface area contributed by atoms with Gasteiger partial charge in [-0.2, -0.15) is 13.2 Å². The molecule has 2 aromatic carbocycles. The van der Waals surface area contributed by atoms with E-state index in [4.69, 9.17) is 0 Å². The summed E-state index contributed by atoms with van der Waals surface area (Å²) in [6.07, 6.45) is 0.439. The first-order valence-electron chi connectivity index (χ1n) is 10.2. The van der Waals surface area contributed by atoms with Crippen LogP contribution in [0.15, 0.2) is 60.9 Å². The van der Waals surface area contributed by atoms with Crippen molar-refractivity contribution in [2.75, 3.05) is 6.54 Å². The summed E-state index contributed by atoms with van der Waals surface area (Å²) in [4.78, 5) is 11.5. The first kappa shape index (κ1) is 19.8. The topological polar surface area (TPSA) is 34.0 Å². The summed E-state index contributed by atoms with van der Waals surface area (Å²) in [5.74, 6) is 0.468. The minimum Gasteiger partial charge on any atom is -0.350 e. The average Bonchev–Trinajstić information content (AvgIpc) is 3.08. The average molecular weight is 422 g/mol. The molecule has 0 aliphatic carbocycles. The summed E-state index contributed by atoms with van der Waals surface area (Å²) in [7, 11) is 2.06. The number of nitrogens with zero attached hydrogens (tertiary/aromatic N) is 4. The molecule has 0 fully saturated rings. The highest BCUT2D eigenvalue weighted by Crippen LogP contribution is 2.31. The molecule has 0 N–H and O–H groups in total. The van der Waals surface area contributed by atoms with Crippen LogP contribution in [0, 0.1) is 0 Å². The normalized spacial score (nSPS) is 14.7. The first-order valence-corrected chi connectivity index (χ1v) is 10.2. The minimum absolute atomic E-state index is 0.468. The first-order chi connectivity index (χ1) is 14.9. The van der Waals surface area contributed by atoms with Crippen molar-refractivity contribution < 1.29 is 13.2 Å². The lowest BCUT2D eigenvalue weighted by molar-refractivity contribution is -0.137. The van der Waals surface area contributed by atoms with E-state index in [0.717, 1.165) is 49.4 Å². The van der Waals surface area contributed by atoms with Gasteiger partial charge in [0.1, 0.15) is 0 Å². The summed E-state index contributed by atoms with van der Waals surface area (Å²) < 4.78 is 40.5. The quantitative estimate of drug-likeness (QED) is 0.454. The largest absolute Gasteiger partial charge is 0.416 e. The molecule has 0 bridgehead atoms. The molecule has 0 amide bonds. The molecular formula is C24H21F3N4. The second-order valence-electron chi connectivity index (χ2n) is 7.98. The third-order valence-corrected chi connectivity index (χ3v) is 5.86. The second kappa shape index (κ2) is 7.50. The Kier molecular flexibility index (Phi) is 4.78. The van der Waals surface area contributed by atoms with Crippen LogP contribution in [0.3, 0.4) is 0 Å². The van der Waals surface area contributed by atoms with Gasteiger partial charge in [0.2, 0.25) is 0 Å². The van der Waals surface area contributed by atoms with Crippen molar-refractivity contribution in [3.05, 3.63) is 83.3 Å². The van der Waals surface area contributed by atoms with Crippen LogP contribution in [0.5, 0.6) is 0 Å². The smallest absolute Gasteiger partial charge is 0.350 e. The van der Waals surface area contributed by atoms with Gasteiger partial charge in [-0.05, 0) is 23.8 Å². The van der Waals surface area contributed by atoms with E-state index in [1.807, 2.05) is 6.20 Å². The number of fused-ring (bicyclic) bond motifs is 2. The highest BCUT2D eigenvalue weighted by molar-refractivity contribution is 5.83. The molecule has 31 heavy (non-hydrogen) atoms. The second-order valence-corrected chi connectivity index (χ2v) is 7.98. The van der Waals surface area contributed by atoms with Gasteiger partial charge in [-0.15, -0.1) is 0 Å². The zero-order valence-electron chi connectivity index (χ0n) is 17.0. The van der Waals surface area contributed by atoms with Crippen molar-refractivity contribution in [1.29, 1.82) is 0 Å². The van der Waals surface area contributed by atoms with Gasteiger partial charge in [-0.1, -0.05) is 30.3 Å². The van der Waals surface area contributed by atoms with E-state index in [1.54, 1.807) is 0 Å². The molecule has 0 unspecified atom stereocenters. The summed E-state index contributed by atoms with van der Waals surface area (Å²) >= 11 is 0. The number of aromatic nitrogens is 3. The molecule has 4 nitrogen and oxygen atoms in total. The van der Waals surface area contributed by atoms with Crippen molar-refractivity contribution in [1.82, 2.24) is 19.4 Å². The van der Waals surface area contributed by atoms with Gasteiger partial charge in [0.05, 0.1) is 11.3 Å². The molecule has 2 aromatic heterocycles. The third-order valence-electron chi connectivity index (χ3n) is 5.86. The molecule has 5 rings (SSSR count). The maximum Gasteiger partial charge on any atom is 0.416 e. The summed E-state index contributed by atoms with van der Waals surface area (Å²) in [5, 5.41) is 1.27. The minimum atomic E-state index is -4.34. The maximum absolute atomic E-state index is 12.8. The van der Waals surface area contributed by atoms with E-state index < -0.39 is 11.7 Å². The number of benzene rings is 2. The zero-order valence-corrected chi connectivity index (χ0v) is 17.0. The summed E-state index contributed by atoms with van der Waals surface area (Å²) in [5.41, 5.74) is 4.48. The Morgan fingerprint density at radius 1 is 1.03 bits per heavy atom. The van der Waals surface area contributed by atoms with Gasteiger partial charge in [-0.3, -0.25) is 4.90 Å². The van der Waals surface area contributed by atoms with Gasteiger partial charge in [-0.25, -0.2) is 9.97 Å². The molecule has 0 radical (unpaired) electrons. The highest BCUT2D eigenvalue weighted by Gasteiger charge is 2.30. The molecule has 1 aliphatic heterocycles. The summed E-state index contributed by atoms with van der Waals surface area (Å²) in [6.45, 7) is 2.48. The van der Waals surface area contributed by atoms with Crippen LogP contribution >= 0.6 is 0 Å². The van der Waals surface area contributed by atoms with Gasteiger partial charge in [0.15, 0.2) is 5.82 Å². The monoisotopic (exact) mass is 422 g/mol. The van der Waals surface area contributed by atoms with Crippen LogP contribution in [0.25, 0.3) is 22.3 Å². The number of hydrogen-bond donors (Lipinski definition) is 0. The van der Waals surface area contributed by atoms with Crippen molar-refractivity contribution >= 4 is 10.9 Å². The SMILES string of the molecule is Cn1cc(CN2CCc3nc(-c4ccc(C(F)(F)F)cc4)ncc3C2)c2ccccc21. The van der Waals surface area contributed by atoms with E-state index in [0.29, 0.717) is 11.4 Å². The van der Waals surface area contributed by atoms with Crippen LogP contribution in [-0.4, -0.2) is 26.0 Å². The van der Waals surface area contributed by atoms with E-state index in [9.17, 15) is 13.2 Å². The van der Waals surface area contributed by atoms with E-state index in [1.165, 1.54) is 28.6 Å². The predicted octanol–water partition coefficient (Wildman–Crippen LogP) is 5.21. The van der Waals surface area contributed by atoms with Crippen molar-refractivity contribution in [3.63, 3.8) is 0 Å². The molecule has 0 atom stereocenters. The van der Waals surface area contributed by atoms with Crippen LogP contribution < -0.4 is 0 Å². The fourth-order valence-electron chi connectivity index (χ4n) is 4.25. The van der Waals surface area contributed by atoms with Crippen molar-refractivity contribution in [3.8, 4) is 11.4 Å². The van der Waals surface area contributed by atoms with Crippen LogP contribution in [0.2, 0.25) is 0 Å². The third kappa shape index (κ3) is 3.81. The zero-order chi connectivity index (χ0) is 21.6. The Morgan fingerprint density at radius 3 is 2.58 bits per heavy atom. The Morgan fingerprint density at radius 2 is 1.81 bits per heavy atom. The highest BCUT2D eigenvalue weighted by atomic mass is 19.4. The van der Waals surface area contributed by atoms with E-state index in [2.05, 4.69) is 56.9 Å². The van der Waals surface area contributed by atoms with Crippen LogP contribution in [0.1, 0.15) is 22.4 Å². The lowest BCUT2D eigenvalue weighted by Crippen LogP contribution is -2.30. The number of halogens is 3. The molecular weight excluding hydrogens is 401 g/mol. The number of aryl methyl sites for hydroxylation is 1. The molecule has 1 aliphatic rings. The van der Waals surface area contributed by atoms with E-state index >= 15 is 0 Å². The lowest BCUT2D eigenvalue weighted by atomic mass is 10.1. The fraction of sp³-hybridized carbons (Fsp3) is 0.250. The Bertz CT molecular complexity index is 1240. The van der Waals surface area contributed by atoms with Crippen molar-refractivity contribution in [2.45, 2.75) is 25.7 Å². The molecule has 4 aromatic rings. The standard InChI is InChI=1S/C24H21F3N4/c1-30-13-18(20-4-2-3-5-22(20)30)15-31-11-10-21-17(14-31)12-28-23(29-21)16-6-8-19(9-7-16)24(25,26)27/h2-9,12-13H,10-11,14-15H2,1H3. The molecule has 7 heteroatoms. The molecule has 3 heterocycles. The maximum atomic E-state index is 12.8. The molecule has 0 saturated heterocycles. The van der Waals surface area contributed by atoms with Gasteiger partial charge in [0, 0.05) is 67.5 Å². The lowest BCUT2D eigenvalue weighted by Gasteiger charge is -2.28. The number of hydrogen-bond acceptors (Lipinski definition) is 3. The Balaban J connectivity index is 1.34. The van der Waals surface area contributed by atoms with Gasteiger partial charge >= 0.3 is 6.18 Å². The predicted molar refractivity (Wildman–Crippen MR) is 113 cm³/mol. The molecule has 158 valence electrons. The number of alkyl halides is 3. The fourth-order valence-corrected chi connectivity index (χ4v) is 4.25. The van der Waals surface area contributed by atoms with Gasteiger partial charge < -0.3 is 4.57 Å². The van der Waals surface area contributed by atoms with Gasteiger partial charge in [0.25, 0.3) is 0 Å². The number of rotatable bonds is 3. The Hall–Kier alpha value is -3.19. The van der Waals surface area contributed by atoms with Crippen LogP contribution in [0.4, 0.5) is 13.2 Å². The summed E-state index contributed by atoms with van der Waals surface area (Å²) in [6, 6.07) is 13.4. The molecule has 0 spiro atoms. The van der Waals surface area contributed by atoms with Crippen molar-refractivity contribution in [2.24, 2.45) is 7.05 Å². The Labute approximate surface area is 178 Å². The van der Waals surface area contributed by atoms with E-state index in [-0.39, 0.29) is 0 Å².